The molecular weight excluding hydrogens is 204 g/mol. The Labute approximate surface area is 97.8 Å². The molecule has 0 amide bonds. The van der Waals surface area contributed by atoms with E-state index in [1.54, 1.807) is 6.08 Å². The highest BCUT2D eigenvalue weighted by Crippen LogP contribution is 2.19. The van der Waals surface area contributed by atoms with Gasteiger partial charge in [-0.05, 0) is 14.0 Å². The summed E-state index contributed by atoms with van der Waals surface area (Å²) in [5.74, 6) is 0. The molecule has 0 saturated carbocycles. The maximum absolute atomic E-state index is 9.20. The Morgan fingerprint density at radius 3 is 3.00 bits per heavy atom. The van der Waals surface area contributed by atoms with E-state index >= 15 is 0 Å². The number of nitrogens with zero attached hydrogens (tertiary/aromatic N) is 2. The van der Waals surface area contributed by atoms with Crippen LogP contribution in [0.5, 0.6) is 0 Å². The van der Waals surface area contributed by atoms with Crippen LogP contribution < -0.4 is 0 Å². The smallest absolute Gasteiger partial charge is 0.0864 e. The van der Waals surface area contributed by atoms with Crippen molar-refractivity contribution in [3.8, 4) is 0 Å². The molecule has 0 saturated heterocycles. The molecule has 0 aromatic heterocycles. The van der Waals surface area contributed by atoms with E-state index in [9.17, 15) is 5.11 Å². The van der Waals surface area contributed by atoms with E-state index in [-0.39, 0.29) is 18.7 Å². The summed E-state index contributed by atoms with van der Waals surface area (Å²) in [7, 11) is 3.94. The van der Waals surface area contributed by atoms with Crippen molar-refractivity contribution < 1.29 is 9.94 Å². The molecule has 1 aliphatic heterocycles. The summed E-state index contributed by atoms with van der Waals surface area (Å²) < 4.78 is 0. The molecule has 0 unspecified atom stereocenters. The standard InChI is InChI=1S/C12H22N2O2/c1-5-6-16-14(4)12-8-13(3)11(9-15)7-10(12)2/h5,7,11-12,15H,1,6,8-9H2,2-4H3/t11-,12-/m0/s1. The minimum atomic E-state index is 0.129. The Bertz CT molecular complexity index is 266. The van der Waals surface area contributed by atoms with Gasteiger partial charge in [0, 0.05) is 13.6 Å². The number of aliphatic hydroxyl groups excluding tert-OH is 1. The van der Waals surface area contributed by atoms with Crippen LogP contribution in [0.1, 0.15) is 6.92 Å². The van der Waals surface area contributed by atoms with Crippen LogP contribution in [0, 0.1) is 0 Å². The van der Waals surface area contributed by atoms with Crippen LogP contribution in [0.25, 0.3) is 0 Å². The van der Waals surface area contributed by atoms with Gasteiger partial charge in [-0.2, -0.15) is 5.06 Å². The molecule has 1 heterocycles. The molecule has 0 fully saturated rings. The number of aliphatic hydroxyl groups is 1. The lowest BCUT2D eigenvalue weighted by Gasteiger charge is -2.38. The molecule has 0 bridgehead atoms. The van der Waals surface area contributed by atoms with Crippen molar-refractivity contribution in [3.63, 3.8) is 0 Å². The molecule has 92 valence electrons. The molecule has 0 radical (unpaired) electrons. The highest BCUT2D eigenvalue weighted by molar-refractivity contribution is 5.16. The third-order valence-electron chi connectivity index (χ3n) is 3.03. The number of hydroxylamine groups is 2. The topological polar surface area (TPSA) is 35.9 Å². The molecule has 0 aliphatic carbocycles. The maximum Gasteiger partial charge on any atom is 0.0864 e. The van der Waals surface area contributed by atoms with Gasteiger partial charge in [0.05, 0.1) is 25.3 Å². The van der Waals surface area contributed by atoms with Crippen molar-refractivity contribution in [1.82, 2.24) is 9.96 Å². The van der Waals surface area contributed by atoms with Gasteiger partial charge in [-0.1, -0.05) is 17.7 Å². The van der Waals surface area contributed by atoms with E-state index < -0.39 is 0 Å². The minimum absolute atomic E-state index is 0.129. The zero-order valence-electron chi connectivity index (χ0n) is 10.4. The summed E-state index contributed by atoms with van der Waals surface area (Å²) in [5.41, 5.74) is 1.24. The largest absolute Gasteiger partial charge is 0.394 e. The monoisotopic (exact) mass is 226 g/mol. The molecule has 16 heavy (non-hydrogen) atoms. The fraction of sp³-hybridized carbons (Fsp3) is 0.667. The first-order chi connectivity index (χ1) is 7.60. The Morgan fingerprint density at radius 1 is 1.75 bits per heavy atom. The predicted molar refractivity (Wildman–Crippen MR) is 65.0 cm³/mol. The van der Waals surface area contributed by atoms with Gasteiger partial charge in [-0.3, -0.25) is 9.74 Å². The normalized spacial score (nSPS) is 26.9. The average molecular weight is 226 g/mol. The van der Waals surface area contributed by atoms with Crippen LogP contribution in [0.15, 0.2) is 24.3 Å². The van der Waals surface area contributed by atoms with Crippen molar-refractivity contribution >= 4 is 0 Å². The van der Waals surface area contributed by atoms with Gasteiger partial charge in [-0.15, -0.1) is 6.58 Å². The van der Waals surface area contributed by atoms with Crippen LogP contribution in [-0.2, 0) is 4.84 Å². The molecule has 0 aromatic carbocycles. The van der Waals surface area contributed by atoms with Crippen LogP contribution in [0.4, 0.5) is 0 Å². The van der Waals surface area contributed by atoms with E-state index in [4.69, 9.17) is 4.84 Å². The van der Waals surface area contributed by atoms with E-state index in [1.807, 2.05) is 19.2 Å². The average Bonchev–Trinajstić information content (AvgIpc) is 2.28. The molecule has 4 nitrogen and oxygen atoms in total. The second-order valence-electron chi connectivity index (χ2n) is 4.25. The summed E-state index contributed by atoms with van der Waals surface area (Å²) in [6.45, 7) is 7.25. The van der Waals surface area contributed by atoms with Crippen LogP contribution >= 0.6 is 0 Å². The summed E-state index contributed by atoms with van der Waals surface area (Å²) >= 11 is 0. The van der Waals surface area contributed by atoms with Crippen LogP contribution in [0.2, 0.25) is 0 Å². The van der Waals surface area contributed by atoms with E-state index in [0.717, 1.165) is 6.54 Å². The molecule has 2 atom stereocenters. The van der Waals surface area contributed by atoms with Gasteiger partial charge < -0.3 is 5.11 Å². The van der Waals surface area contributed by atoms with E-state index in [2.05, 4.69) is 24.5 Å². The summed E-state index contributed by atoms with van der Waals surface area (Å²) in [4.78, 5) is 7.63. The minimum Gasteiger partial charge on any atom is -0.394 e. The lowest BCUT2D eigenvalue weighted by molar-refractivity contribution is -0.154. The summed E-state index contributed by atoms with van der Waals surface area (Å²) in [6.07, 6.45) is 3.83. The quantitative estimate of drug-likeness (QED) is 0.552. The fourth-order valence-electron chi connectivity index (χ4n) is 1.95. The number of likely N-dealkylation sites (N-methyl/N-ethyl adjacent to an activating group) is 2. The lowest BCUT2D eigenvalue weighted by atomic mass is 10.00. The summed E-state index contributed by atoms with van der Waals surface area (Å²) in [6, 6.07) is 0.372. The third-order valence-corrected chi connectivity index (χ3v) is 3.03. The Balaban J connectivity index is 2.64. The van der Waals surface area contributed by atoms with Crippen molar-refractivity contribution in [2.24, 2.45) is 0 Å². The van der Waals surface area contributed by atoms with Gasteiger partial charge in [0.1, 0.15) is 0 Å². The Morgan fingerprint density at radius 2 is 2.44 bits per heavy atom. The maximum atomic E-state index is 9.20. The van der Waals surface area contributed by atoms with E-state index in [1.165, 1.54) is 5.57 Å². The third kappa shape index (κ3) is 3.15. The Hall–Kier alpha value is -0.680. The zero-order valence-corrected chi connectivity index (χ0v) is 10.4. The number of rotatable bonds is 5. The van der Waals surface area contributed by atoms with Crippen molar-refractivity contribution in [3.05, 3.63) is 24.3 Å². The Kier molecular flexibility index (Phi) is 5.15. The van der Waals surface area contributed by atoms with Crippen LogP contribution in [-0.4, -0.2) is 61.0 Å². The molecule has 4 heteroatoms. The van der Waals surface area contributed by atoms with Gasteiger partial charge >= 0.3 is 0 Å². The van der Waals surface area contributed by atoms with Gasteiger partial charge in [0.25, 0.3) is 0 Å². The lowest BCUT2D eigenvalue weighted by Crippen LogP contribution is -2.49. The van der Waals surface area contributed by atoms with Gasteiger partial charge in [0.2, 0.25) is 0 Å². The second-order valence-corrected chi connectivity index (χ2v) is 4.25. The number of hydrogen-bond acceptors (Lipinski definition) is 4. The van der Waals surface area contributed by atoms with Crippen molar-refractivity contribution in [2.45, 2.75) is 19.0 Å². The fourth-order valence-corrected chi connectivity index (χ4v) is 1.95. The first-order valence-corrected chi connectivity index (χ1v) is 5.56. The SMILES string of the molecule is C=CCON(C)[C@H]1CN(C)[C@H](CO)C=C1C. The van der Waals surface area contributed by atoms with E-state index in [0.29, 0.717) is 6.61 Å². The van der Waals surface area contributed by atoms with Crippen molar-refractivity contribution in [2.75, 3.05) is 33.9 Å². The molecular formula is C12H22N2O2. The highest BCUT2D eigenvalue weighted by atomic mass is 16.7. The predicted octanol–water partition coefficient (Wildman–Crippen LogP) is 0.657. The first kappa shape index (κ1) is 13.4. The van der Waals surface area contributed by atoms with Gasteiger partial charge in [-0.25, -0.2) is 0 Å². The van der Waals surface area contributed by atoms with Crippen molar-refractivity contribution in [1.29, 1.82) is 0 Å². The molecule has 0 spiro atoms. The van der Waals surface area contributed by atoms with Crippen LogP contribution in [0.3, 0.4) is 0 Å². The first-order valence-electron chi connectivity index (χ1n) is 5.56. The molecule has 0 aromatic rings. The zero-order chi connectivity index (χ0) is 12.1. The number of hydrogen-bond donors (Lipinski definition) is 1. The molecule has 1 N–H and O–H groups in total. The second kappa shape index (κ2) is 6.15. The highest BCUT2D eigenvalue weighted by Gasteiger charge is 2.27. The summed E-state index contributed by atoms with van der Waals surface area (Å²) in [5, 5.41) is 11.1. The van der Waals surface area contributed by atoms with Gasteiger partial charge in [0.15, 0.2) is 0 Å². The molecule has 1 rings (SSSR count). The molecule has 1 aliphatic rings.